The van der Waals surface area contributed by atoms with Gasteiger partial charge >= 0.3 is 0 Å². The van der Waals surface area contributed by atoms with Crippen LogP contribution in [0.4, 0.5) is 0 Å². The van der Waals surface area contributed by atoms with Crippen LogP contribution in [-0.2, 0) is 21.1 Å². The molecule has 0 saturated heterocycles. The quantitative estimate of drug-likeness (QED) is 0.838. The van der Waals surface area contributed by atoms with Gasteiger partial charge in [-0.05, 0) is 43.9 Å². The van der Waals surface area contributed by atoms with Crippen molar-refractivity contribution in [1.29, 1.82) is 0 Å². The molecular formula is C16H22O4S. The van der Waals surface area contributed by atoms with Crippen molar-refractivity contribution < 1.29 is 17.9 Å². The molecule has 1 aliphatic carbocycles. The number of rotatable bonds is 5. The summed E-state index contributed by atoms with van der Waals surface area (Å²) >= 11 is 0. The Kier molecular flexibility index (Phi) is 5.04. The summed E-state index contributed by atoms with van der Waals surface area (Å²) in [5.74, 6) is 0.869. The molecule has 0 bridgehead atoms. The molecule has 1 fully saturated rings. The van der Waals surface area contributed by atoms with E-state index in [0.29, 0.717) is 12.8 Å². The normalized spacial score (nSPS) is 22.8. The van der Waals surface area contributed by atoms with Crippen molar-refractivity contribution in [2.75, 3.05) is 6.26 Å². The van der Waals surface area contributed by atoms with Gasteiger partial charge in [-0.25, -0.2) is 8.42 Å². The predicted octanol–water partition coefficient (Wildman–Crippen LogP) is 2.55. The Morgan fingerprint density at radius 3 is 2.48 bits per heavy atom. The third-order valence-corrected chi connectivity index (χ3v) is 5.50. The number of ketones is 1. The summed E-state index contributed by atoms with van der Waals surface area (Å²) in [7, 11) is -2.99. The molecule has 0 N–H and O–H groups in total. The maximum absolute atomic E-state index is 11.6. The lowest BCUT2D eigenvalue weighted by molar-refractivity contribution is -0.116. The van der Waals surface area contributed by atoms with Crippen molar-refractivity contribution in [3.63, 3.8) is 0 Å². The second kappa shape index (κ2) is 6.60. The summed E-state index contributed by atoms with van der Waals surface area (Å²) in [6.07, 6.45) is 4.75. The van der Waals surface area contributed by atoms with Crippen molar-refractivity contribution >= 4 is 15.6 Å². The van der Waals surface area contributed by atoms with Crippen LogP contribution in [0.2, 0.25) is 0 Å². The molecule has 0 aromatic heterocycles. The first-order chi connectivity index (χ1) is 9.84. The van der Waals surface area contributed by atoms with Crippen molar-refractivity contribution in [2.24, 2.45) is 0 Å². The van der Waals surface area contributed by atoms with Crippen molar-refractivity contribution in [1.82, 2.24) is 0 Å². The zero-order valence-corrected chi connectivity index (χ0v) is 13.4. The number of ether oxygens (including phenoxy) is 1. The average Bonchev–Trinajstić information content (AvgIpc) is 2.40. The molecule has 0 amide bonds. The molecule has 5 heteroatoms. The van der Waals surface area contributed by atoms with E-state index < -0.39 is 9.84 Å². The molecule has 1 aromatic rings. The van der Waals surface area contributed by atoms with Crippen LogP contribution in [-0.4, -0.2) is 31.8 Å². The Morgan fingerprint density at radius 1 is 1.24 bits per heavy atom. The molecule has 4 nitrogen and oxygen atoms in total. The average molecular weight is 310 g/mol. The summed E-state index contributed by atoms with van der Waals surface area (Å²) in [5, 5.41) is -0.284. The topological polar surface area (TPSA) is 60.4 Å². The molecule has 0 spiro atoms. The fourth-order valence-electron chi connectivity index (χ4n) is 2.76. The maximum atomic E-state index is 11.6. The first-order valence-electron chi connectivity index (χ1n) is 7.28. The van der Waals surface area contributed by atoms with Crippen LogP contribution in [0.3, 0.4) is 0 Å². The van der Waals surface area contributed by atoms with Gasteiger partial charge in [0.2, 0.25) is 0 Å². The molecule has 1 saturated carbocycles. The van der Waals surface area contributed by atoms with Gasteiger partial charge in [0.05, 0.1) is 11.4 Å². The fraction of sp³-hybridized carbons (Fsp3) is 0.562. The number of carbonyl (C=O) groups excluding carboxylic acids is 1. The van der Waals surface area contributed by atoms with Crippen LogP contribution in [0.25, 0.3) is 0 Å². The van der Waals surface area contributed by atoms with Gasteiger partial charge in [-0.1, -0.05) is 12.1 Å². The van der Waals surface area contributed by atoms with E-state index in [1.54, 1.807) is 6.92 Å². The van der Waals surface area contributed by atoms with Crippen LogP contribution >= 0.6 is 0 Å². The van der Waals surface area contributed by atoms with Gasteiger partial charge in [0.15, 0.2) is 0 Å². The molecule has 0 aliphatic heterocycles. The van der Waals surface area contributed by atoms with E-state index in [9.17, 15) is 13.2 Å². The molecule has 0 radical (unpaired) electrons. The lowest BCUT2D eigenvalue weighted by atomic mass is 9.97. The molecule has 1 aromatic carbocycles. The van der Waals surface area contributed by atoms with Gasteiger partial charge in [0.1, 0.15) is 21.4 Å². The minimum atomic E-state index is -2.99. The second-order valence-electron chi connectivity index (χ2n) is 5.88. The van der Waals surface area contributed by atoms with E-state index in [2.05, 4.69) is 0 Å². The SMILES string of the molecule is CC(=O)Cc1ccc(OC2CCCC(S(C)(=O)=O)C2)cc1. The summed E-state index contributed by atoms with van der Waals surface area (Å²) in [6.45, 7) is 1.57. The van der Waals surface area contributed by atoms with Crippen molar-refractivity contribution in [3.05, 3.63) is 29.8 Å². The highest BCUT2D eigenvalue weighted by atomic mass is 32.2. The maximum Gasteiger partial charge on any atom is 0.150 e. The summed E-state index contributed by atoms with van der Waals surface area (Å²) in [6, 6.07) is 7.46. The van der Waals surface area contributed by atoms with E-state index in [1.165, 1.54) is 6.26 Å². The largest absolute Gasteiger partial charge is 0.490 e. The van der Waals surface area contributed by atoms with E-state index in [1.807, 2.05) is 24.3 Å². The number of carbonyl (C=O) groups is 1. The Hall–Kier alpha value is -1.36. The van der Waals surface area contributed by atoms with Gasteiger partial charge in [0.25, 0.3) is 0 Å². The molecule has 116 valence electrons. The minimum absolute atomic E-state index is 0.0443. The Morgan fingerprint density at radius 2 is 1.90 bits per heavy atom. The van der Waals surface area contributed by atoms with Gasteiger partial charge in [-0.3, -0.25) is 4.79 Å². The highest BCUT2D eigenvalue weighted by Gasteiger charge is 2.29. The van der Waals surface area contributed by atoms with Crippen LogP contribution in [0, 0.1) is 0 Å². The smallest absolute Gasteiger partial charge is 0.150 e. The first-order valence-corrected chi connectivity index (χ1v) is 9.24. The molecule has 21 heavy (non-hydrogen) atoms. The van der Waals surface area contributed by atoms with Gasteiger partial charge in [-0.2, -0.15) is 0 Å². The third-order valence-electron chi connectivity index (χ3n) is 3.86. The van der Waals surface area contributed by atoms with Crippen LogP contribution in [0.5, 0.6) is 5.75 Å². The number of Topliss-reactive ketones (excluding diaryl/α,β-unsaturated/α-hetero) is 1. The molecule has 0 heterocycles. The van der Waals surface area contributed by atoms with Crippen LogP contribution in [0.1, 0.15) is 38.2 Å². The molecule has 2 rings (SSSR count). The highest BCUT2D eigenvalue weighted by Crippen LogP contribution is 2.27. The molecule has 2 atom stereocenters. The fourth-order valence-corrected chi connectivity index (χ4v) is 3.92. The molecule has 1 aliphatic rings. The van der Waals surface area contributed by atoms with E-state index >= 15 is 0 Å². The monoisotopic (exact) mass is 310 g/mol. The number of hydrogen-bond acceptors (Lipinski definition) is 4. The van der Waals surface area contributed by atoms with Gasteiger partial charge < -0.3 is 4.74 Å². The van der Waals surface area contributed by atoms with E-state index in [0.717, 1.165) is 30.6 Å². The number of hydrogen-bond donors (Lipinski definition) is 0. The predicted molar refractivity (Wildman–Crippen MR) is 82.3 cm³/mol. The standard InChI is InChI=1S/C16H22O4S/c1-12(17)10-13-6-8-14(9-7-13)20-15-4-3-5-16(11-15)21(2,18)19/h6-9,15-16H,3-5,10-11H2,1-2H3. The minimum Gasteiger partial charge on any atom is -0.490 e. The van der Waals surface area contributed by atoms with Gasteiger partial charge in [0, 0.05) is 19.1 Å². The Bertz CT molecular complexity index is 589. The first kappa shape index (κ1) is 16.0. The Labute approximate surface area is 126 Å². The number of sulfone groups is 1. The van der Waals surface area contributed by atoms with Crippen molar-refractivity contribution in [2.45, 2.75) is 50.4 Å². The molecular weight excluding hydrogens is 288 g/mol. The Balaban J connectivity index is 1.96. The third kappa shape index (κ3) is 4.84. The zero-order valence-electron chi connectivity index (χ0n) is 12.5. The van der Waals surface area contributed by atoms with Crippen molar-refractivity contribution in [3.8, 4) is 5.75 Å². The zero-order chi connectivity index (χ0) is 15.5. The summed E-state index contributed by atoms with van der Waals surface area (Å²) in [5.41, 5.74) is 0.965. The molecule has 2 unspecified atom stereocenters. The van der Waals surface area contributed by atoms with Gasteiger partial charge in [-0.15, -0.1) is 0 Å². The van der Waals surface area contributed by atoms with Crippen LogP contribution < -0.4 is 4.74 Å². The summed E-state index contributed by atoms with van der Waals surface area (Å²) in [4.78, 5) is 11.1. The lowest BCUT2D eigenvalue weighted by Crippen LogP contribution is -2.33. The lowest BCUT2D eigenvalue weighted by Gasteiger charge is -2.28. The second-order valence-corrected chi connectivity index (χ2v) is 8.21. The van der Waals surface area contributed by atoms with E-state index in [-0.39, 0.29) is 17.1 Å². The summed E-state index contributed by atoms with van der Waals surface area (Å²) < 4.78 is 29.2. The number of benzene rings is 1. The van der Waals surface area contributed by atoms with Crippen LogP contribution in [0.15, 0.2) is 24.3 Å². The highest BCUT2D eigenvalue weighted by molar-refractivity contribution is 7.91. The van der Waals surface area contributed by atoms with E-state index in [4.69, 9.17) is 4.74 Å².